The summed E-state index contributed by atoms with van der Waals surface area (Å²) in [6.45, 7) is 0.292. The lowest BCUT2D eigenvalue weighted by Crippen LogP contribution is -2.43. The van der Waals surface area contributed by atoms with Crippen LogP contribution in [0.1, 0.15) is 12.8 Å². The summed E-state index contributed by atoms with van der Waals surface area (Å²) in [6, 6.07) is 2.00. The monoisotopic (exact) mass is 270 g/mol. The number of pyridine rings is 1. The number of nitrogens with two attached hydrogens (primary N) is 2. The summed E-state index contributed by atoms with van der Waals surface area (Å²) in [5, 5.41) is 0. The molecule has 8 heteroatoms. The maximum Gasteiger partial charge on any atom is 0.245 e. The molecule has 0 spiro atoms. The Hall–Kier alpha value is -1.67. The smallest absolute Gasteiger partial charge is 0.245 e. The van der Waals surface area contributed by atoms with Crippen molar-refractivity contribution < 1.29 is 13.2 Å². The van der Waals surface area contributed by atoms with Crippen molar-refractivity contribution in [3.05, 3.63) is 18.3 Å². The number of carbonyl (C=O) groups excluding carboxylic acids is 1. The van der Waals surface area contributed by atoms with Gasteiger partial charge < -0.3 is 11.5 Å². The minimum absolute atomic E-state index is 0.0184. The van der Waals surface area contributed by atoms with E-state index >= 15 is 0 Å². The van der Waals surface area contributed by atoms with Crippen molar-refractivity contribution in [1.82, 2.24) is 9.29 Å². The summed E-state index contributed by atoms with van der Waals surface area (Å²) < 4.78 is 25.7. The van der Waals surface area contributed by atoms with Crippen LogP contribution in [0.5, 0.6) is 0 Å². The second kappa shape index (κ2) is 4.54. The van der Waals surface area contributed by atoms with Crippen molar-refractivity contribution in [2.75, 3.05) is 12.3 Å². The normalized spacial score (nSPS) is 21.0. The van der Waals surface area contributed by atoms with Crippen LogP contribution in [0.4, 0.5) is 5.82 Å². The maximum atomic E-state index is 12.3. The molecule has 1 aromatic heterocycles. The third kappa shape index (κ3) is 2.16. The third-order valence-electron chi connectivity index (χ3n) is 2.90. The Labute approximate surface area is 105 Å². The van der Waals surface area contributed by atoms with Crippen molar-refractivity contribution in [2.24, 2.45) is 5.73 Å². The first kappa shape index (κ1) is 12.8. The number of nitrogen functional groups attached to an aromatic ring is 1. The maximum absolute atomic E-state index is 12.3. The number of sulfonamides is 1. The SMILES string of the molecule is NC(=O)C1CCCN1S(=O)(=O)c1ccc(N)nc1. The highest BCUT2D eigenvalue weighted by Crippen LogP contribution is 2.25. The van der Waals surface area contributed by atoms with E-state index < -0.39 is 22.0 Å². The molecule has 0 radical (unpaired) electrons. The molecule has 1 amide bonds. The molecule has 4 N–H and O–H groups in total. The van der Waals surface area contributed by atoms with Gasteiger partial charge in [-0.3, -0.25) is 4.79 Å². The number of amides is 1. The van der Waals surface area contributed by atoms with Gasteiger partial charge in [0.25, 0.3) is 0 Å². The Morgan fingerprint density at radius 1 is 1.44 bits per heavy atom. The van der Waals surface area contributed by atoms with E-state index in [1.54, 1.807) is 0 Å². The van der Waals surface area contributed by atoms with Gasteiger partial charge in [0.1, 0.15) is 16.8 Å². The second-order valence-corrected chi connectivity index (χ2v) is 5.99. The number of carbonyl (C=O) groups is 1. The lowest BCUT2D eigenvalue weighted by Gasteiger charge is -2.21. The minimum Gasteiger partial charge on any atom is -0.384 e. The number of hydrogen-bond acceptors (Lipinski definition) is 5. The van der Waals surface area contributed by atoms with E-state index in [2.05, 4.69) is 4.98 Å². The Morgan fingerprint density at radius 3 is 2.72 bits per heavy atom. The topological polar surface area (TPSA) is 119 Å². The predicted molar refractivity (Wildman–Crippen MR) is 64.8 cm³/mol. The molecule has 1 aliphatic heterocycles. The molecule has 1 aliphatic rings. The van der Waals surface area contributed by atoms with Gasteiger partial charge in [-0.2, -0.15) is 4.31 Å². The summed E-state index contributed by atoms with van der Waals surface area (Å²) in [4.78, 5) is 15.0. The number of primary amides is 1. The van der Waals surface area contributed by atoms with E-state index in [9.17, 15) is 13.2 Å². The van der Waals surface area contributed by atoms with Crippen LogP contribution in [-0.4, -0.2) is 36.2 Å². The zero-order valence-corrected chi connectivity index (χ0v) is 10.4. The molecule has 98 valence electrons. The van der Waals surface area contributed by atoms with E-state index in [4.69, 9.17) is 11.5 Å². The van der Waals surface area contributed by atoms with Gasteiger partial charge in [-0.15, -0.1) is 0 Å². The molecule has 0 bridgehead atoms. The third-order valence-corrected chi connectivity index (χ3v) is 4.79. The van der Waals surface area contributed by atoms with Crippen LogP contribution in [0.15, 0.2) is 23.2 Å². The van der Waals surface area contributed by atoms with Gasteiger partial charge in [0.15, 0.2) is 0 Å². The Balaban J connectivity index is 2.36. The van der Waals surface area contributed by atoms with E-state index in [0.717, 1.165) is 4.31 Å². The van der Waals surface area contributed by atoms with Gasteiger partial charge in [-0.1, -0.05) is 0 Å². The van der Waals surface area contributed by atoms with Crippen LogP contribution in [0.3, 0.4) is 0 Å². The Morgan fingerprint density at radius 2 is 2.17 bits per heavy atom. The van der Waals surface area contributed by atoms with Crippen LogP contribution in [0.25, 0.3) is 0 Å². The molecule has 0 aromatic carbocycles. The van der Waals surface area contributed by atoms with E-state index in [1.807, 2.05) is 0 Å². The molecule has 2 rings (SSSR count). The van der Waals surface area contributed by atoms with Crippen LogP contribution in [0, 0.1) is 0 Å². The molecule has 2 heterocycles. The summed E-state index contributed by atoms with van der Waals surface area (Å²) in [7, 11) is -3.74. The summed E-state index contributed by atoms with van der Waals surface area (Å²) in [6.07, 6.45) is 2.26. The van der Waals surface area contributed by atoms with Crippen molar-refractivity contribution in [3.63, 3.8) is 0 Å². The highest BCUT2D eigenvalue weighted by molar-refractivity contribution is 7.89. The first-order chi connectivity index (χ1) is 8.43. The van der Waals surface area contributed by atoms with Gasteiger partial charge in [0, 0.05) is 12.7 Å². The van der Waals surface area contributed by atoms with E-state index in [0.29, 0.717) is 19.4 Å². The molecule has 1 fully saturated rings. The molecule has 0 aliphatic carbocycles. The molecular formula is C10H14N4O3S. The van der Waals surface area contributed by atoms with E-state index in [1.165, 1.54) is 18.3 Å². The van der Waals surface area contributed by atoms with Gasteiger partial charge in [0.2, 0.25) is 15.9 Å². The number of hydrogen-bond donors (Lipinski definition) is 2. The Bertz CT molecular complexity index is 555. The van der Waals surface area contributed by atoms with Crippen LogP contribution in [-0.2, 0) is 14.8 Å². The highest BCUT2D eigenvalue weighted by Gasteiger charge is 2.38. The standard InChI is InChI=1S/C10H14N4O3S/c11-9-4-3-7(6-13-9)18(16,17)14-5-1-2-8(14)10(12)15/h3-4,6,8H,1-2,5H2,(H2,11,13)(H2,12,15). The minimum atomic E-state index is -3.74. The lowest BCUT2D eigenvalue weighted by molar-refractivity contribution is -0.121. The first-order valence-corrected chi connectivity index (χ1v) is 6.89. The number of rotatable bonds is 3. The van der Waals surface area contributed by atoms with Crippen LogP contribution < -0.4 is 11.5 Å². The largest absolute Gasteiger partial charge is 0.384 e. The number of anilines is 1. The summed E-state index contributed by atoms with van der Waals surface area (Å²) in [5.41, 5.74) is 10.6. The van der Waals surface area contributed by atoms with Crippen molar-refractivity contribution in [3.8, 4) is 0 Å². The van der Waals surface area contributed by atoms with Crippen molar-refractivity contribution in [2.45, 2.75) is 23.8 Å². The summed E-state index contributed by atoms with van der Waals surface area (Å²) in [5.74, 6) is -0.388. The fourth-order valence-electron chi connectivity index (χ4n) is 1.99. The zero-order chi connectivity index (χ0) is 13.3. The molecule has 1 atom stereocenters. The van der Waals surface area contributed by atoms with Crippen LogP contribution in [0.2, 0.25) is 0 Å². The van der Waals surface area contributed by atoms with Gasteiger partial charge >= 0.3 is 0 Å². The lowest BCUT2D eigenvalue weighted by atomic mass is 10.2. The molecule has 1 saturated heterocycles. The molecular weight excluding hydrogens is 256 g/mol. The fraction of sp³-hybridized carbons (Fsp3) is 0.400. The van der Waals surface area contributed by atoms with E-state index in [-0.39, 0.29) is 10.7 Å². The van der Waals surface area contributed by atoms with Crippen molar-refractivity contribution >= 4 is 21.7 Å². The Kier molecular flexibility index (Phi) is 3.22. The van der Waals surface area contributed by atoms with Gasteiger partial charge in [-0.25, -0.2) is 13.4 Å². The second-order valence-electron chi connectivity index (χ2n) is 4.09. The quantitative estimate of drug-likeness (QED) is 0.752. The molecule has 18 heavy (non-hydrogen) atoms. The highest BCUT2D eigenvalue weighted by atomic mass is 32.2. The number of nitrogens with zero attached hydrogens (tertiary/aromatic N) is 2. The molecule has 7 nitrogen and oxygen atoms in total. The predicted octanol–water partition coefficient (Wildman–Crippen LogP) is -0.698. The zero-order valence-electron chi connectivity index (χ0n) is 9.61. The average Bonchev–Trinajstić information content (AvgIpc) is 2.79. The molecule has 0 saturated carbocycles. The van der Waals surface area contributed by atoms with Crippen molar-refractivity contribution in [1.29, 1.82) is 0 Å². The summed E-state index contributed by atoms with van der Waals surface area (Å²) >= 11 is 0. The molecule has 1 unspecified atom stereocenters. The first-order valence-electron chi connectivity index (χ1n) is 5.45. The van der Waals surface area contributed by atoms with Gasteiger partial charge in [-0.05, 0) is 25.0 Å². The van der Waals surface area contributed by atoms with Crippen LogP contribution >= 0.6 is 0 Å². The average molecular weight is 270 g/mol. The molecule has 1 aromatic rings. The number of aromatic nitrogens is 1. The van der Waals surface area contributed by atoms with Gasteiger partial charge in [0.05, 0.1) is 0 Å². The fourth-order valence-corrected chi connectivity index (χ4v) is 3.60.